The molecule has 3 rings (SSSR count). The van der Waals surface area contributed by atoms with Gasteiger partial charge in [-0.25, -0.2) is 0 Å². The van der Waals surface area contributed by atoms with Gasteiger partial charge in [0.25, 0.3) is 5.91 Å². The second-order valence-electron chi connectivity index (χ2n) is 6.00. The van der Waals surface area contributed by atoms with Crippen molar-refractivity contribution in [3.63, 3.8) is 0 Å². The first-order valence-corrected chi connectivity index (χ1v) is 8.87. The van der Waals surface area contributed by atoms with Crippen LogP contribution < -0.4 is 24.8 Å². The standard InChI is InChI=1S/C21H22N4O4/c1-27-16-7-5-4-6-15(16)21(26)23-20-11-10-19(24-25-20)22-13-14-8-9-17(28-2)18(12-14)29-3/h4-12H,13H2,1-3H3,(H,22,24)(H,23,25,26). The molecule has 0 fully saturated rings. The fourth-order valence-electron chi connectivity index (χ4n) is 2.69. The number of hydrogen-bond donors (Lipinski definition) is 2. The van der Waals surface area contributed by atoms with E-state index >= 15 is 0 Å². The summed E-state index contributed by atoms with van der Waals surface area (Å²) in [6.45, 7) is 0.530. The number of methoxy groups -OCH3 is 3. The zero-order valence-corrected chi connectivity index (χ0v) is 16.4. The van der Waals surface area contributed by atoms with Gasteiger partial charge in [-0.3, -0.25) is 4.79 Å². The van der Waals surface area contributed by atoms with E-state index in [2.05, 4.69) is 20.8 Å². The molecule has 29 heavy (non-hydrogen) atoms. The largest absolute Gasteiger partial charge is 0.496 e. The van der Waals surface area contributed by atoms with E-state index in [-0.39, 0.29) is 5.91 Å². The van der Waals surface area contributed by atoms with Gasteiger partial charge in [-0.15, -0.1) is 10.2 Å². The third kappa shape index (κ3) is 4.92. The van der Waals surface area contributed by atoms with Crippen LogP contribution in [0.25, 0.3) is 0 Å². The number of ether oxygens (including phenoxy) is 3. The molecule has 3 aromatic rings. The molecule has 0 aliphatic rings. The van der Waals surface area contributed by atoms with E-state index in [0.29, 0.717) is 41.0 Å². The molecular formula is C21H22N4O4. The quantitative estimate of drug-likeness (QED) is 0.605. The Morgan fingerprint density at radius 3 is 2.21 bits per heavy atom. The van der Waals surface area contributed by atoms with Gasteiger partial charge in [0.15, 0.2) is 17.3 Å². The summed E-state index contributed by atoms with van der Waals surface area (Å²) in [6.07, 6.45) is 0. The molecule has 0 radical (unpaired) electrons. The topological polar surface area (TPSA) is 94.6 Å². The van der Waals surface area contributed by atoms with Crippen molar-refractivity contribution in [2.75, 3.05) is 32.0 Å². The van der Waals surface area contributed by atoms with Gasteiger partial charge >= 0.3 is 0 Å². The highest BCUT2D eigenvalue weighted by Crippen LogP contribution is 2.27. The molecule has 0 bridgehead atoms. The summed E-state index contributed by atoms with van der Waals surface area (Å²) < 4.78 is 15.7. The molecule has 2 N–H and O–H groups in total. The fraction of sp³-hybridized carbons (Fsp3) is 0.190. The van der Waals surface area contributed by atoms with Gasteiger partial charge in [-0.05, 0) is 42.0 Å². The maximum absolute atomic E-state index is 12.4. The van der Waals surface area contributed by atoms with Gasteiger partial charge in [0, 0.05) is 6.54 Å². The predicted molar refractivity (Wildman–Crippen MR) is 110 cm³/mol. The van der Waals surface area contributed by atoms with Crippen LogP contribution in [-0.4, -0.2) is 37.4 Å². The van der Waals surface area contributed by atoms with Gasteiger partial charge in [-0.1, -0.05) is 18.2 Å². The monoisotopic (exact) mass is 394 g/mol. The number of carbonyl (C=O) groups is 1. The number of amides is 1. The lowest BCUT2D eigenvalue weighted by Gasteiger charge is -2.11. The minimum absolute atomic E-state index is 0.317. The number of nitrogens with one attached hydrogen (secondary N) is 2. The zero-order chi connectivity index (χ0) is 20.6. The fourth-order valence-corrected chi connectivity index (χ4v) is 2.69. The molecule has 0 unspecified atom stereocenters. The molecular weight excluding hydrogens is 372 g/mol. The average molecular weight is 394 g/mol. The minimum atomic E-state index is -0.317. The van der Waals surface area contributed by atoms with Gasteiger partial charge in [-0.2, -0.15) is 0 Å². The highest BCUT2D eigenvalue weighted by Gasteiger charge is 2.12. The molecule has 8 heteroatoms. The maximum atomic E-state index is 12.4. The lowest BCUT2D eigenvalue weighted by atomic mass is 10.2. The molecule has 1 amide bonds. The Morgan fingerprint density at radius 2 is 1.52 bits per heavy atom. The van der Waals surface area contributed by atoms with Crippen LogP contribution in [0.1, 0.15) is 15.9 Å². The summed E-state index contributed by atoms with van der Waals surface area (Å²) in [7, 11) is 4.71. The molecule has 0 spiro atoms. The van der Waals surface area contributed by atoms with E-state index in [0.717, 1.165) is 5.56 Å². The predicted octanol–water partition coefficient (Wildman–Crippen LogP) is 3.37. The second kappa shape index (κ2) is 9.41. The van der Waals surface area contributed by atoms with Crippen LogP contribution in [0.4, 0.5) is 11.6 Å². The van der Waals surface area contributed by atoms with Crippen molar-refractivity contribution in [3.8, 4) is 17.2 Å². The Balaban J connectivity index is 1.61. The van der Waals surface area contributed by atoms with Gasteiger partial charge in [0.2, 0.25) is 0 Å². The Hall–Kier alpha value is -3.81. The van der Waals surface area contributed by atoms with Crippen molar-refractivity contribution in [2.24, 2.45) is 0 Å². The van der Waals surface area contributed by atoms with Crippen molar-refractivity contribution in [3.05, 3.63) is 65.7 Å². The minimum Gasteiger partial charge on any atom is -0.496 e. The lowest BCUT2D eigenvalue weighted by molar-refractivity contribution is 0.102. The zero-order valence-electron chi connectivity index (χ0n) is 16.4. The van der Waals surface area contributed by atoms with Gasteiger partial charge in [0.05, 0.1) is 26.9 Å². The number of anilines is 2. The Bertz CT molecular complexity index is 977. The number of para-hydroxylation sites is 1. The summed E-state index contributed by atoms with van der Waals surface area (Å²) in [5.74, 6) is 2.43. The Morgan fingerprint density at radius 1 is 0.828 bits per heavy atom. The molecule has 0 aliphatic carbocycles. The number of aromatic nitrogens is 2. The number of nitrogens with zero attached hydrogens (tertiary/aromatic N) is 2. The Labute approximate surface area is 168 Å². The van der Waals surface area contributed by atoms with Crippen molar-refractivity contribution in [1.82, 2.24) is 10.2 Å². The SMILES string of the molecule is COc1ccc(CNc2ccc(NC(=O)c3ccccc3OC)nn2)cc1OC. The van der Waals surface area contributed by atoms with E-state index in [1.807, 2.05) is 18.2 Å². The molecule has 150 valence electrons. The van der Waals surface area contributed by atoms with Crippen LogP contribution in [0.2, 0.25) is 0 Å². The molecule has 0 aliphatic heterocycles. The molecule has 0 saturated carbocycles. The van der Waals surface area contributed by atoms with Crippen LogP contribution >= 0.6 is 0 Å². The maximum Gasteiger partial charge on any atom is 0.260 e. The molecule has 2 aromatic carbocycles. The normalized spacial score (nSPS) is 10.2. The highest BCUT2D eigenvalue weighted by atomic mass is 16.5. The number of carbonyl (C=O) groups excluding carboxylic acids is 1. The van der Waals surface area contributed by atoms with Crippen LogP contribution in [0.3, 0.4) is 0 Å². The number of benzene rings is 2. The molecule has 0 atom stereocenters. The summed E-state index contributed by atoms with van der Waals surface area (Å²) >= 11 is 0. The smallest absolute Gasteiger partial charge is 0.260 e. The number of hydrogen-bond acceptors (Lipinski definition) is 7. The van der Waals surface area contributed by atoms with Crippen LogP contribution in [0.15, 0.2) is 54.6 Å². The highest BCUT2D eigenvalue weighted by molar-refractivity contribution is 6.05. The summed E-state index contributed by atoms with van der Waals surface area (Å²) in [5.41, 5.74) is 1.42. The Kier molecular flexibility index (Phi) is 6.47. The summed E-state index contributed by atoms with van der Waals surface area (Å²) in [6, 6.07) is 16.1. The van der Waals surface area contributed by atoms with Crippen LogP contribution in [0, 0.1) is 0 Å². The average Bonchev–Trinajstić information content (AvgIpc) is 2.78. The first kappa shape index (κ1) is 19.9. The van der Waals surface area contributed by atoms with E-state index < -0.39 is 0 Å². The van der Waals surface area contributed by atoms with Crippen LogP contribution in [-0.2, 0) is 6.54 Å². The molecule has 8 nitrogen and oxygen atoms in total. The van der Waals surface area contributed by atoms with Crippen molar-refractivity contribution >= 4 is 17.5 Å². The molecule has 1 aromatic heterocycles. The number of rotatable bonds is 8. The van der Waals surface area contributed by atoms with Gasteiger partial charge < -0.3 is 24.8 Å². The third-order valence-electron chi connectivity index (χ3n) is 4.18. The lowest BCUT2D eigenvalue weighted by Crippen LogP contribution is -2.14. The summed E-state index contributed by atoms with van der Waals surface area (Å²) in [5, 5.41) is 14.0. The first-order chi connectivity index (χ1) is 14.1. The third-order valence-corrected chi connectivity index (χ3v) is 4.18. The molecule has 0 saturated heterocycles. The van der Waals surface area contributed by atoms with E-state index in [1.54, 1.807) is 50.6 Å². The van der Waals surface area contributed by atoms with Crippen molar-refractivity contribution < 1.29 is 19.0 Å². The second-order valence-corrected chi connectivity index (χ2v) is 6.00. The van der Waals surface area contributed by atoms with E-state index in [4.69, 9.17) is 14.2 Å². The van der Waals surface area contributed by atoms with Gasteiger partial charge in [0.1, 0.15) is 11.6 Å². The first-order valence-electron chi connectivity index (χ1n) is 8.87. The van der Waals surface area contributed by atoms with E-state index in [9.17, 15) is 4.79 Å². The van der Waals surface area contributed by atoms with E-state index in [1.165, 1.54) is 7.11 Å². The van der Waals surface area contributed by atoms with Crippen molar-refractivity contribution in [1.29, 1.82) is 0 Å². The summed E-state index contributed by atoms with van der Waals surface area (Å²) in [4.78, 5) is 12.4. The van der Waals surface area contributed by atoms with Crippen LogP contribution in [0.5, 0.6) is 17.2 Å². The van der Waals surface area contributed by atoms with Crippen molar-refractivity contribution in [2.45, 2.75) is 6.54 Å². The molecule has 1 heterocycles.